The number of aryl methyl sites for hydroxylation is 1. The zero-order chi connectivity index (χ0) is 13.6. The van der Waals surface area contributed by atoms with E-state index in [9.17, 15) is 8.78 Å². The summed E-state index contributed by atoms with van der Waals surface area (Å²) in [5.74, 6) is -0.325. The van der Waals surface area contributed by atoms with Crippen molar-refractivity contribution in [3.8, 4) is 11.3 Å². The lowest BCUT2D eigenvalue weighted by Gasteiger charge is -2.22. The van der Waals surface area contributed by atoms with Gasteiger partial charge in [0.05, 0.1) is 5.69 Å². The van der Waals surface area contributed by atoms with E-state index in [0.29, 0.717) is 17.8 Å². The number of hydrogen-bond donors (Lipinski definition) is 1. The summed E-state index contributed by atoms with van der Waals surface area (Å²) < 4.78 is 28.7. The van der Waals surface area contributed by atoms with Crippen LogP contribution in [0, 0.1) is 18.6 Å². The molecule has 1 aromatic heterocycles. The van der Waals surface area contributed by atoms with Gasteiger partial charge in [-0.1, -0.05) is 0 Å². The molecule has 0 bridgehead atoms. The molecule has 1 aliphatic heterocycles. The van der Waals surface area contributed by atoms with Crippen molar-refractivity contribution in [3.05, 3.63) is 41.4 Å². The fourth-order valence-electron chi connectivity index (χ4n) is 2.68. The summed E-state index contributed by atoms with van der Waals surface area (Å²) in [6.07, 6.45) is 1.66. The highest BCUT2D eigenvalue weighted by atomic mass is 19.1. The molecule has 3 nitrogen and oxygen atoms in total. The molecule has 5 heteroatoms. The Morgan fingerprint density at radius 2 is 1.95 bits per heavy atom. The van der Waals surface area contributed by atoms with E-state index in [2.05, 4.69) is 4.98 Å². The van der Waals surface area contributed by atoms with E-state index in [4.69, 9.17) is 5.73 Å². The van der Waals surface area contributed by atoms with E-state index >= 15 is 0 Å². The minimum atomic E-state index is -0.582. The van der Waals surface area contributed by atoms with Gasteiger partial charge in [0.15, 0.2) is 0 Å². The minimum Gasteiger partial charge on any atom is -0.330 e. The van der Waals surface area contributed by atoms with Gasteiger partial charge in [-0.2, -0.15) is 0 Å². The van der Waals surface area contributed by atoms with Gasteiger partial charge in [0, 0.05) is 29.9 Å². The first kappa shape index (κ1) is 12.3. The van der Waals surface area contributed by atoms with Gasteiger partial charge in [0.25, 0.3) is 0 Å². The van der Waals surface area contributed by atoms with Crippen molar-refractivity contribution < 1.29 is 8.78 Å². The lowest BCUT2D eigenvalue weighted by molar-refractivity contribution is 0.454. The van der Waals surface area contributed by atoms with Crippen LogP contribution in [0.3, 0.4) is 0 Å². The maximum absolute atomic E-state index is 13.3. The van der Waals surface area contributed by atoms with Crippen LogP contribution in [0.25, 0.3) is 11.3 Å². The Labute approximate surface area is 110 Å². The third kappa shape index (κ3) is 2.14. The van der Waals surface area contributed by atoms with Crippen LogP contribution in [0.1, 0.15) is 17.9 Å². The first-order valence-electron chi connectivity index (χ1n) is 6.32. The summed E-state index contributed by atoms with van der Waals surface area (Å²) >= 11 is 0. The zero-order valence-corrected chi connectivity index (χ0v) is 10.7. The molecular weight excluding hydrogens is 248 g/mol. The van der Waals surface area contributed by atoms with Crippen molar-refractivity contribution in [1.29, 1.82) is 0 Å². The summed E-state index contributed by atoms with van der Waals surface area (Å²) in [5, 5.41) is 0. The summed E-state index contributed by atoms with van der Waals surface area (Å²) in [5.41, 5.74) is 8.12. The molecule has 2 aromatic rings. The second kappa shape index (κ2) is 4.42. The summed E-state index contributed by atoms with van der Waals surface area (Å²) in [6, 6.07) is 3.63. The second-order valence-electron chi connectivity index (χ2n) is 5.02. The third-order valence-electron chi connectivity index (χ3n) is 3.57. The molecule has 0 radical (unpaired) electrons. The number of benzene rings is 1. The monoisotopic (exact) mass is 263 g/mol. The molecule has 0 amide bonds. The van der Waals surface area contributed by atoms with Gasteiger partial charge < -0.3 is 10.3 Å². The number of imidazole rings is 1. The predicted molar refractivity (Wildman–Crippen MR) is 68.6 cm³/mol. The molecule has 0 saturated carbocycles. The van der Waals surface area contributed by atoms with E-state index in [1.807, 2.05) is 11.5 Å². The average Bonchev–Trinajstić information content (AvgIpc) is 2.65. The third-order valence-corrected chi connectivity index (χ3v) is 3.57. The van der Waals surface area contributed by atoms with Crippen molar-refractivity contribution in [2.45, 2.75) is 32.4 Å². The van der Waals surface area contributed by atoms with Crippen LogP contribution < -0.4 is 5.73 Å². The highest BCUT2D eigenvalue weighted by Crippen LogP contribution is 2.29. The maximum atomic E-state index is 13.3. The largest absolute Gasteiger partial charge is 0.330 e. The van der Waals surface area contributed by atoms with Gasteiger partial charge in [-0.3, -0.25) is 0 Å². The number of rotatable bonds is 1. The molecule has 2 N–H and O–H groups in total. The second-order valence-corrected chi connectivity index (χ2v) is 5.02. The van der Waals surface area contributed by atoms with E-state index < -0.39 is 11.6 Å². The van der Waals surface area contributed by atoms with Gasteiger partial charge in [-0.25, -0.2) is 13.8 Å². The van der Waals surface area contributed by atoms with E-state index in [1.165, 1.54) is 12.1 Å². The van der Waals surface area contributed by atoms with Crippen LogP contribution in [-0.2, 0) is 13.0 Å². The predicted octanol–water partition coefficient (Wildman–Crippen LogP) is 2.41. The van der Waals surface area contributed by atoms with Crippen molar-refractivity contribution in [1.82, 2.24) is 9.55 Å². The van der Waals surface area contributed by atoms with Crippen molar-refractivity contribution >= 4 is 0 Å². The van der Waals surface area contributed by atoms with Crippen LogP contribution in [-0.4, -0.2) is 15.6 Å². The fraction of sp³-hybridized carbons (Fsp3) is 0.357. The summed E-state index contributed by atoms with van der Waals surface area (Å²) in [7, 11) is 0. The van der Waals surface area contributed by atoms with Gasteiger partial charge in [0.2, 0.25) is 0 Å². The lowest BCUT2D eigenvalue weighted by Crippen LogP contribution is -2.32. The lowest BCUT2D eigenvalue weighted by atomic mass is 10.0. The molecule has 1 aliphatic rings. The Morgan fingerprint density at radius 1 is 1.26 bits per heavy atom. The number of halogens is 2. The van der Waals surface area contributed by atoms with Crippen LogP contribution in [0.15, 0.2) is 18.2 Å². The SMILES string of the molecule is Cc1nc(-c2cc(F)cc(F)c2)c2n1CC(N)CC2. The number of nitrogens with two attached hydrogens (primary N) is 1. The molecule has 0 fully saturated rings. The number of nitrogens with zero attached hydrogens (tertiary/aromatic N) is 2. The minimum absolute atomic E-state index is 0.123. The molecule has 2 heterocycles. The van der Waals surface area contributed by atoms with Gasteiger partial charge in [-0.15, -0.1) is 0 Å². The molecule has 1 aromatic carbocycles. The van der Waals surface area contributed by atoms with Crippen LogP contribution in [0.5, 0.6) is 0 Å². The smallest absolute Gasteiger partial charge is 0.126 e. The van der Waals surface area contributed by atoms with E-state index in [-0.39, 0.29) is 6.04 Å². The molecule has 0 spiro atoms. The molecule has 100 valence electrons. The Balaban J connectivity index is 2.13. The molecular formula is C14H15F2N3. The molecule has 1 unspecified atom stereocenters. The normalized spacial score (nSPS) is 18.4. The van der Waals surface area contributed by atoms with Crippen LogP contribution >= 0.6 is 0 Å². The van der Waals surface area contributed by atoms with Gasteiger partial charge in [-0.05, 0) is 31.9 Å². The Kier molecular flexibility index (Phi) is 2.86. The Hall–Kier alpha value is -1.75. The highest BCUT2D eigenvalue weighted by molar-refractivity contribution is 5.63. The van der Waals surface area contributed by atoms with Crippen molar-refractivity contribution in [3.63, 3.8) is 0 Å². The molecule has 0 saturated heterocycles. The first-order chi connectivity index (χ1) is 9.04. The highest BCUT2D eigenvalue weighted by Gasteiger charge is 2.23. The van der Waals surface area contributed by atoms with Gasteiger partial charge >= 0.3 is 0 Å². The summed E-state index contributed by atoms with van der Waals surface area (Å²) in [4.78, 5) is 4.45. The quantitative estimate of drug-likeness (QED) is 0.858. The first-order valence-corrected chi connectivity index (χ1v) is 6.32. The molecule has 0 aliphatic carbocycles. The topological polar surface area (TPSA) is 43.8 Å². The fourth-order valence-corrected chi connectivity index (χ4v) is 2.68. The van der Waals surface area contributed by atoms with Crippen molar-refractivity contribution in [2.24, 2.45) is 5.73 Å². The standard InChI is InChI=1S/C14H15F2N3/c1-8-18-14(9-4-10(15)6-11(16)5-9)13-3-2-12(17)7-19(8)13/h4-6,12H,2-3,7,17H2,1H3. The number of aromatic nitrogens is 2. The molecule has 1 atom stereocenters. The number of fused-ring (bicyclic) bond motifs is 1. The maximum Gasteiger partial charge on any atom is 0.126 e. The van der Waals surface area contributed by atoms with E-state index in [0.717, 1.165) is 30.4 Å². The zero-order valence-electron chi connectivity index (χ0n) is 10.7. The van der Waals surface area contributed by atoms with Crippen LogP contribution in [0.2, 0.25) is 0 Å². The molecule has 3 rings (SSSR count). The molecule has 19 heavy (non-hydrogen) atoms. The van der Waals surface area contributed by atoms with E-state index in [1.54, 1.807) is 0 Å². The summed E-state index contributed by atoms with van der Waals surface area (Å²) in [6.45, 7) is 2.60. The number of hydrogen-bond acceptors (Lipinski definition) is 2. The van der Waals surface area contributed by atoms with Crippen LogP contribution in [0.4, 0.5) is 8.78 Å². The Bertz CT molecular complexity index is 614. The van der Waals surface area contributed by atoms with Gasteiger partial charge in [0.1, 0.15) is 17.5 Å². The Morgan fingerprint density at radius 3 is 2.63 bits per heavy atom. The van der Waals surface area contributed by atoms with Crippen molar-refractivity contribution in [2.75, 3.05) is 0 Å². The average molecular weight is 263 g/mol.